The molecule has 1 heterocycles. The first-order valence-corrected chi connectivity index (χ1v) is 7.50. The SMILES string of the molecule is Cc1ccc([S+]([O-])n2ccc3c2CCCC3=O)cc1. The van der Waals surface area contributed by atoms with E-state index in [0.717, 1.165) is 34.6 Å². The van der Waals surface area contributed by atoms with E-state index in [1.807, 2.05) is 31.2 Å². The molecular weight excluding hydrogens is 258 g/mol. The molecule has 3 nitrogen and oxygen atoms in total. The van der Waals surface area contributed by atoms with Gasteiger partial charge in [-0.05, 0) is 38.0 Å². The average Bonchev–Trinajstić information content (AvgIpc) is 2.84. The fourth-order valence-corrected chi connectivity index (χ4v) is 3.58. The highest BCUT2D eigenvalue weighted by molar-refractivity contribution is 7.90. The lowest BCUT2D eigenvalue weighted by atomic mass is 9.97. The molecule has 1 atom stereocenters. The van der Waals surface area contributed by atoms with Gasteiger partial charge >= 0.3 is 0 Å². The van der Waals surface area contributed by atoms with E-state index < -0.39 is 11.4 Å². The van der Waals surface area contributed by atoms with Gasteiger partial charge in [0.05, 0.1) is 11.9 Å². The predicted octanol–water partition coefficient (Wildman–Crippen LogP) is 2.89. The third-order valence-corrected chi connectivity index (χ3v) is 4.85. The van der Waals surface area contributed by atoms with Gasteiger partial charge in [-0.2, -0.15) is 3.97 Å². The quantitative estimate of drug-likeness (QED) is 0.790. The zero-order valence-corrected chi connectivity index (χ0v) is 11.6. The number of Topliss-reactive ketones (excluding diaryl/α,β-unsaturated/α-hetero) is 1. The van der Waals surface area contributed by atoms with Crippen molar-refractivity contribution < 1.29 is 9.35 Å². The Labute approximate surface area is 115 Å². The van der Waals surface area contributed by atoms with E-state index in [9.17, 15) is 9.35 Å². The second kappa shape index (κ2) is 4.87. The fourth-order valence-electron chi connectivity index (χ4n) is 2.42. The van der Waals surface area contributed by atoms with Gasteiger partial charge in [0.25, 0.3) is 0 Å². The monoisotopic (exact) mass is 273 g/mol. The van der Waals surface area contributed by atoms with Crippen molar-refractivity contribution in [2.45, 2.75) is 31.1 Å². The van der Waals surface area contributed by atoms with E-state index in [4.69, 9.17) is 0 Å². The second-order valence-corrected chi connectivity index (χ2v) is 6.20. The van der Waals surface area contributed by atoms with E-state index in [1.165, 1.54) is 0 Å². The summed E-state index contributed by atoms with van der Waals surface area (Å²) >= 11 is -1.26. The number of carbonyl (C=O) groups excluding carboxylic acids is 1. The van der Waals surface area contributed by atoms with Gasteiger partial charge in [0.15, 0.2) is 10.7 Å². The molecule has 0 saturated carbocycles. The van der Waals surface area contributed by atoms with Crippen molar-refractivity contribution >= 4 is 17.1 Å². The molecule has 98 valence electrons. The molecule has 0 N–H and O–H groups in total. The maximum atomic E-state index is 12.6. The molecule has 0 bridgehead atoms. The van der Waals surface area contributed by atoms with E-state index in [-0.39, 0.29) is 5.78 Å². The highest BCUT2D eigenvalue weighted by atomic mass is 32.2. The minimum atomic E-state index is -1.26. The van der Waals surface area contributed by atoms with E-state index in [2.05, 4.69) is 0 Å². The van der Waals surface area contributed by atoms with Crippen molar-refractivity contribution in [3.8, 4) is 0 Å². The molecule has 0 radical (unpaired) electrons. The van der Waals surface area contributed by atoms with Crippen LogP contribution >= 0.6 is 0 Å². The Balaban J connectivity index is 1.98. The van der Waals surface area contributed by atoms with Crippen molar-refractivity contribution in [3.05, 3.63) is 53.3 Å². The summed E-state index contributed by atoms with van der Waals surface area (Å²) < 4.78 is 14.3. The van der Waals surface area contributed by atoms with Crippen LogP contribution in [-0.2, 0) is 17.8 Å². The summed E-state index contributed by atoms with van der Waals surface area (Å²) in [6.45, 7) is 2.00. The van der Waals surface area contributed by atoms with E-state index in [0.29, 0.717) is 6.42 Å². The summed E-state index contributed by atoms with van der Waals surface area (Å²) in [7, 11) is 0. The Hall–Kier alpha value is -1.52. The number of hydrogen-bond acceptors (Lipinski definition) is 2. The van der Waals surface area contributed by atoms with Gasteiger partial charge in [-0.25, -0.2) is 0 Å². The fraction of sp³-hybridized carbons (Fsp3) is 0.267. The van der Waals surface area contributed by atoms with Crippen molar-refractivity contribution in [2.75, 3.05) is 0 Å². The van der Waals surface area contributed by atoms with Gasteiger partial charge in [0.2, 0.25) is 0 Å². The number of ketones is 1. The first-order chi connectivity index (χ1) is 9.16. The molecule has 2 aromatic rings. The highest BCUT2D eigenvalue weighted by Crippen LogP contribution is 2.26. The maximum Gasteiger partial charge on any atom is 0.180 e. The molecule has 1 aromatic carbocycles. The zero-order chi connectivity index (χ0) is 13.4. The molecule has 0 aliphatic heterocycles. The molecule has 0 amide bonds. The van der Waals surface area contributed by atoms with Crippen LogP contribution in [0.25, 0.3) is 0 Å². The van der Waals surface area contributed by atoms with Crippen LogP contribution in [0.1, 0.15) is 34.5 Å². The number of benzene rings is 1. The maximum absolute atomic E-state index is 12.6. The number of aryl methyl sites for hydroxylation is 1. The molecule has 4 heteroatoms. The zero-order valence-electron chi connectivity index (χ0n) is 10.8. The normalized spacial score (nSPS) is 16.2. The molecule has 3 rings (SSSR count). The molecule has 0 saturated heterocycles. The molecule has 1 aliphatic carbocycles. The summed E-state index contributed by atoms with van der Waals surface area (Å²) in [4.78, 5) is 12.6. The smallest absolute Gasteiger partial charge is 0.180 e. The third-order valence-electron chi connectivity index (χ3n) is 3.47. The van der Waals surface area contributed by atoms with Gasteiger partial charge in [-0.15, -0.1) is 0 Å². The number of hydrogen-bond donors (Lipinski definition) is 0. The van der Waals surface area contributed by atoms with Crippen molar-refractivity contribution in [1.29, 1.82) is 0 Å². The summed E-state index contributed by atoms with van der Waals surface area (Å²) in [6.07, 6.45) is 4.05. The van der Waals surface area contributed by atoms with Crippen LogP contribution in [-0.4, -0.2) is 14.3 Å². The molecular formula is C15H15NO2S. The Kier molecular flexibility index (Phi) is 3.21. The Morgan fingerprint density at radius 2 is 1.89 bits per heavy atom. The molecule has 1 aliphatic rings. The number of nitrogens with zero attached hydrogens (tertiary/aromatic N) is 1. The first-order valence-electron chi connectivity index (χ1n) is 6.39. The van der Waals surface area contributed by atoms with Crippen molar-refractivity contribution in [3.63, 3.8) is 0 Å². The van der Waals surface area contributed by atoms with E-state index in [1.54, 1.807) is 16.2 Å². The van der Waals surface area contributed by atoms with Crippen LogP contribution in [0.3, 0.4) is 0 Å². The Morgan fingerprint density at radius 3 is 2.63 bits per heavy atom. The van der Waals surface area contributed by atoms with Crippen LogP contribution in [0.5, 0.6) is 0 Å². The average molecular weight is 273 g/mol. The van der Waals surface area contributed by atoms with Gasteiger partial charge in [-0.1, -0.05) is 17.7 Å². The van der Waals surface area contributed by atoms with Crippen LogP contribution in [0.15, 0.2) is 41.4 Å². The molecule has 0 spiro atoms. The summed E-state index contributed by atoms with van der Waals surface area (Å²) in [6, 6.07) is 9.45. The van der Waals surface area contributed by atoms with Gasteiger partial charge in [0, 0.05) is 12.0 Å². The lowest BCUT2D eigenvalue weighted by molar-refractivity contribution is 0.0972. The van der Waals surface area contributed by atoms with Crippen LogP contribution in [0.2, 0.25) is 0 Å². The third kappa shape index (κ3) is 2.22. The van der Waals surface area contributed by atoms with Crippen LogP contribution in [0.4, 0.5) is 0 Å². The predicted molar refractivity (Wildman–Crippen MR) is 74.7 cm³/mol. The topological polar surface area (TPSA) is 45.1 Å². The standard InChI is InChI=1S/C15H15NO2S/c1-11-5-7-12(8-6-11)19(18)16-10-9-13-14(16)3-2-4-15(13)17/h5-10H,2-4H2,1H3. The number of carbonyl (C=O) groups is 1. The van der Waals surface area contributed by atoms with Crippen molar-refractivity contribution in [1.82, 2.24) is 3.97 Å². The molecule has 0 fully saturated rings. The largest absolute Gasteiger partial charge is 0.587 e. The van der Waals surface area contributed by atoms with Gasteiger partial charge in [-0.3, -0.25) is 4.79 Å². The van der Waals surface area contributed by atoms with Gasteiger partial charge < -0.3 is 4.55 Å². The van der Waals surface area contributed by atoms with Crippen molar-refractivity contribution in [2.24, 2.45) is 0 Å². The number of rotatable bonds is 2. The van der Waals surface area contributed by atoms with Crippen LogP contribution < -0.4 is 0 Å². The molecule has 1 aromatic heterocycles. The minimum Gasteiger partial charge on any atom is -0.587 e. The van der Waals surface area contributed by atoms with Gasteiger partial charge in [0.1, 0.15) is 11.4 Å². The van der Waals surface area contributed by atoms with E-state index >= 15 is 0 Å². The van der Waals surface area contributed by atoms with Crippen LogP contribution in [0, 0.1) is 6.92 Å². The molecule has 19 heavy (non-hydrogen) atoms. The summed E-state index contributed by atoms with van der Waals surface area (Å²) in [5.41, 5.74) is 2.80. The highest BCUT2D eigenvalue weighted by Gasteiger charge is 2.26. The second-order valence-electron chi connectivity index (χ2n) is 4.84. The number of fused-ring (bicyclic) bond motifs is 1. The first kappa shape index (κ1) is 12.5. The lowest BCUT2D eigenvalue weighted by Crippen LogP contribution is -2.19. The number of aromatic nitrogens is 1. The lowest BCUT2D eigenvalue weighted by Gasteiger charge is -2.16. The summed E-state index contributed by atoms with van der Waals surface area (Å²) in [5, 5.41) is 0. The summed E-state index contributed by atoms with van der Waals surface area (Å²) in [5.74, 6) is 0.168. The minimum absolute atomic E-state index is 0.168. The Bertz CT molecular complexity index is 616. The molecule has 1 unspecified atom stereocenters. The Morgan fingerprint density at radius 1 is 1.16 bits per heavy atom.